The van der Waals surface area contributed by atoms with Crippen molar-refractivity contribution in [3.8, 4) is 23.0 Å². The van der Waals surface area contributed by atoms with Gasteiger partial charge in [0.15, 0.2) is 5.43 Å². The number of methoxy groups -OCH3 is 4. The SMILES string of the molecule is COc1ccc(NC(=O)C(C(=O)Nc2ccc(OC)cc2OC)C(C(=O)Nc2ccc3ccccc3c2)c2coc3ccccc3c2=O)c(OC)c1. The zero-order valence-electron chi connectivity index (χ0n) is 28.7. The van der Waals surface area contributed by atoms with E-state index in [0.29, 0.717) is 17.2 Å². The minimum absolute atomic E-state index is 0.164. The Morgan fingerprint density at radius 1 is 0.596 bits per heavy atom. The van der Waals surface area contributed by atoms with Gasteiger partial charge in [-0.25, -0.2) is 0 Å². The molecule has 1 atom stereocenters. The van der Waals surface area contributed by atoms with Crippen LogP contribution >= 0.6 is 0 Å². The number of carbonyl (C=O) groups is 3. The number of amides is 3. The largest absolute Gasteiger partial charge is 0.497 e. The maximum atomic E-state index is 14.6. The second kappa shape index (κ2) is 15.4. The number of carbonyl (C=O) groups excluding carboxylic acids is 3. The molecule has 1 unspecified atom stereocenters. The number of nitrogens with one attached hydrogen (secondary N) is 3. The summed E-state index contributed by atoms with van der Waals surface area (Å²) in [5.74, 6) is -4.84. The van der Waals surface area contributed by atoms with Gasteiger partial charge in [-0.1, -0.05) is 42.5 Å². The normalized spacial score (nSPS) is 11.5. The summed E-state index contributed by atoms with van der Waals surface area (Å²) in [4.78, 5) is 57.8. The third kappa shape index (κ3) is 7.22. The van der Waals surface area contributed by atoms with E-state index in [9.17, 15) is 19.2 Å². The van der Waals surface area contributed by atoms with Gasteiger partial charge < -0.3 is 39.3 Å². The molecule has 0 saturated carbocycles. The molecule has 3 N–H and O–H groups in total. The van der Waals surface area contributed by atoms with E-state index in [2.05, 4.69) is 16.0 Å². The van der Waals surface area contributed by atoms with E-state index in [4.69, 9.17) is 23.4 Å². The second-order valence-electron chi connectivity index (χ2n) is 11.6. The predicted octanol–water partition coefficient (Wildman–Crippen LogP) is 6.60. The second-order valence-corrected chi connectivity index (χ2v) is 11.6. The molecule has 0 aliphatic carbocycles. The van der Waals surface area contributed by atoms with Crippen molar-refractivity contribution in [1.29, 1.82) is 0 Å². The highest BCUT2D eigenvalue weighted by molar-refractivity contribution is 6.16. The number of rotatable bonds is 12. The molecule has 12 heteroatoms. The van der Waals surface area contributed by atoms with Crippen LogP contribution in [-0.4, -0.2) is 46.2 Å². The molecular formula is C40H35N3O9. The molecule has 1 heterocycles. The fourth-order valence-corrected chi connectivity index (χ4v) is 5.91. The minimum atomic E-state index is -1.86. The fourth-order valence-electron chi connectivity index (χ4n) is 5.91. The number of para-hydroxylation sites is 1. The molecule has 12 nitrogen and oxygen atoms in total. The summed E-state index contributed by atoms with van der Waals surface area (Å²) in [6, 6.07) is 28.7. The van der Waals surface area contributed by atoms with Gasteiger partial charge in [-0.2, -0.15) is 0 Å². The quantitative estimate of drug-likeness (QED) is 0.120. The third-order valence-electron chi connectivity index (χ3n) is 8.57. The first-order valence-corrected chi connectivity index (χ1v) is 16.1. The number of hydrogen-bond donors (Lipinski definition) is 3. The number of fused-ring (bicyclic) bond motifs is 2. The molecule has 0 spiro atoms. The smallest absolute Gasteiger partial charge is 0.238 e. The van der Waals surface area contributed by atoms with Crippen LogP contribution in [0.5, 0.6) is 23.0 Å². The molecule has 1 aromatic heterocycles. The number of benzene rings is 5. The van der Waals surface area contributed by atoms with Gasteiger partial charge in [0, 0.05) is 23.4 Å². The number of hydrogen-bond acceptors (Lipinski definition) is 9. The van der Waals surface area contributed by atoms with Crippen molar-refractivity contribution >= 4 is 56.5 Å². The van der Waals surface area contributed by atoms with Crippen molar-refractivity contribution in [2.75, 3.05) is 44.4 Å². The van der Waals surface area contributed by atoms with Crippen LogP contribution in [0, 0.1) is 5.92 Å². The van der Waals surface area contributed by atoms with Gasteiger partial charge in [-0.3, -0.25) is 19.2 Å². The molecule has 52 heavy (non-hydrogen) atoms. The van der Waals surface area contributed by atoms with Crippen LogP contribution in [0.2, 0.25) is 0 Å². The summed E-state index contributed by atoms with van der Waals surface area (Å²) in [7, 11) is 5.78. The van der Waals surface area contributed by atoms with Crippen LogP contribution in [0.4, 0.5) is 17.1 Å². The topological polar surface area (TPSA) is 154 Å². The first kappa shape index (κ1) is 35.0. The molecule has 0 bridgehead atoms. The molecule has 0 aliphatic heterocycles. The highest BCUT2D eigenvalue weighted by atomic mass is 16.5. The van der Waals surface area contributed by atoms with Gasteiger partial charge in [0.05, 0.1) is 57.4 Å². The average Bonchev–Trinajstić information content (AvgIpc) is 3.17. The van der Waals surface area contributed by atoms with Crippen LogP contribution in [0.25, 0.3) is 21.7 Å². The first-order chi connectivity index (χ1) is 25.2. The van der Waals surface area contributed by atoms with Crippen LogP contribution < -0.4 is 40.3 Å². The minimum Gasteiger partial charge on any atom is -0.497 e. The summed E-state index contributed by atoms with van der Waals surface area (Å²) in [6.45, 7) is 0. The molecule has 6 rings (SSSR count). The molecule has 0 saturated heterocycles. The van der Waals surface area contributed by atoms with E-state index in [1.807, 2.05) is 30.3 Å². The van der Waals surface area contributed by atoms with E-state index in [-0.39, 0.29) is 39.4 Å². The Hall–Kier alpha value is -6.82. The van der Waals surface area contributed by atoms with Crippen molar-refractivity contribution in [2.24, 2.45) is 5.92 Å². The molecule has 0 fully saturated rings. The zero-order valence-corrected chi connectivity index (χ0v) is 28.7. The average molecular weight is 702 g/mol. The monoisotopic (exact) mass is 701 g/mol. The summed E-state index contributed by atoms with van der Waals surface area (Å²) >= 11 is 0. The zero-order chi connectivity index (χ0) is 36.8. The van der Waals surface area contributed by atoms with E-state index < -0.39 is 35.0 Å². The Morgan fingerprint density at radius 2 is 1.17 bits per heavy atom. The molecule has 3 amide bonds. The highest BCUT2D eigenvalue weighted by Gasteiger charge is 2.43. The summed E-state index contributed by atoms with van der Waals surface area (Å²) in [6.07, 6.45) is 1.12. The Morgan fingerprint density at radius 3 is 1.77 bits per heavy atom. The number of ether oxygens (including phenoxy) is 4. The fraction of sp³-hybridized carbons (Fsp3) is 0.150. The predicted molar refractivity (Wildman–Crippen MR) is 198 cm³/mol. The van der Waals surface area contributed by atoms with Gasteiger partial charge in [0.2, 0.25) is 17.7 Å². The first-order valence-electron chi connectivity index (χ1n) is 16.1. The Labute approximate surface area is 298 Å². The highest BCUT2D eigenvalue weighted by Crippen LogP contribution is 2.35. The van der Waals surface area contributed by atoms with Crippen LogP contribution in [-0.2, 0) is 14.4 Å². The van der Waals surface area contributed by atoms with Crippen molar-refractivity contribution in [3.63, 3.8) is 0 Å². The Balaban J connectivity index is 1.50. The Bertz CT molecular complexity index is 2280. The van der Waals surface area contributed by atoms with E-state index >= 15 is 0 Å². The van der Waals surface area contributed by atoms with E-state index in [1.54, 1.807) is 60.7 Å². The maximum Gasteiger partial charge on any atom is 0.238 e. The molecule has 0 radical (unpaired) electrons. The van der Waals surface area contributed by atoms with Gasteiger partial charge in [0.25, 0.3) is 0 Å². The van der Waals surface area contributed by atoms with Crippen molar-refractivity contribution in [3.05, 3.63) is 125 Å². The van der Waals surface area contributed by atoms with Crippen LogP contribution in [0.3, 0.4) is 0 Å². The summed E-state index contributed by atoms with van der Waals surface area (Å²) in [5, 5.41) is 10.2. The third-order valence-corrected chi connectivity index (χ3v) is 8.57. The van der Waals surface area contributed by atoms with E-state index in [0.717, 1.165) is 17.0 Å². The lowest BCUT2D eigenvalue weighted by Crippen LogP contribution is -2.44. The van der Waals surface area contributed by atoms with Gasteiger partial charge >= 0.3 is 0 Å². The van der Waals surface area contributed by atoms with Crippen molar-refractivity contribution in [2.45, 2.75) is 5.92 Å². The van der Waals surface area contributed by atoms with E-state index in [1.165, 1.54) is 40.6 Å². The van der Waals surface area contributed by atoms with Gasteiger partial charge in [-0.15, -0.1) is 0 Å². The summed E-state index contributed by atoms with van der Waals surface area (Å²) in [5.41, 5.74) is 0.221. The lowest BCUT2D eigenvalue weighted by molar-refractivity contribution is -0.134. The van der Waals surface area contributed by atoms with Gasteiger partial charge in [-0.05, 0) is 59.3 Å². The van der Waals surface area contributed by atoms with Crippen molar-refractivity contribution in [1.82, 2.24) is 0 Å². The van der Waals surface area contributed by atoms with Crippen molar-refractivity contribution < 1.29 is 37.7 Å². The number of anilines is 3. The van der Waals surface area contributed by atoms with Crippen LogP contribution in [0.15, 0.2) is 119 Å². The molecular weight excluding hydrogens is 666 g/mol. The van der Waals surface area contributed by atoms with Gasteiger partial charge in [0.1, 0.15) is 34.5 Å². The molecule has 0 aliphatic rings. The lowest BCUT2D eigenvalue weighted by atomic mass is 9.83. The van der Waals surface area contributed by atoms with Crippen LogP contribution in [0.1, 0.15) is 11.5 Å². The summed E-state index contributed by atoms with van der Waals surface area (Å²) < 4.78 is 27.4. The Kier molecular flexibility index (Phi) is 10.4. The molecule has 264 valence electrons. The lowest BCUT2D eigenvalue weighted by Gasteiger charge is -2.26. The maximum absolute atomic E-state index is 14.6. The molecule has 6 aromatic rings. The molecule has 5 aromatic carbocycles. The standard InChI is InChI=1S/C40H35N3O9/c1-48-26-15-17-30(33(20-26)50-3)42-39(46)36(40(47)43-31-18-16-27(49-2)21-34(31)51-4)35(29-22-52-32-12-8-7-11-28(32)37(29)44)38(45)41-25-14-13-23-9-5-6-10-24(23)19-25/h5-22,35-36H,1-4H3,(H,41,45)(H,42,46)(H,43,47).